The zero-order valence-corrected chi connectivity index (χ0v) is 9.92. The van der Waals surface area contributed by atoms with Gasteiger partial charge >= 0.3 is 0 Å². The molecule has 2 N–H and O–H groups in total. The molecule has 1 heterocycles. The summed E-state index contributed by atoms with van der Waals surface area (Å²) in [5.74, 6) is -0.0313. The van der Waals surface area contributed by atoms with Gasteiger partial charge in [0.1, 0.15) is 5.69 Å². The zero-order chi connectivity index (χ0) is 12.4. The minimum absolute atomic E-state index is 0.0313. The Morgan fingerprint density at radius 2 is 1.94 bits per heavy atom. The second kappa shape index (κ2) is 4.41. The molecule has 4 nitrogen and oxygen atoms in total. The summed E-state index contributed by atoms with van der Waals surface area (Å²) in [5, 5.41) is 0. The number of benzene rings is 1. The normalized spacial score (nSPS) is 10.8. The van der Waals surface area contributed by atoms with E-state index >= 15 is 0 Å². The predicted octanol–water partition coefficient (Wildman–Crippen LogP) is 2.28. The number of nitrogens with zero attached hydrogens (tertiary/aromatic N) is 2. The average Bonchev–Trinajstić information content (AvgIpc) is 2.78. The molecule has 0 bridgehead atoms. The van der Waals surface area contributed by atoms with Crippen molar-refractivity contribution < 1.29 is 4.79 Å². The van der Waals surface area contributed by atoms with Crippen LogP contribution in [-0.4, -0.2) is 15.3 Å². The first-order valence-electron chi connectivity index (χ1n) is 5.51. The number of nitrogens with two attached hydrogens (primary N) is 1. The van der Waals surface area contributed by atoms with Gasteiger partial charge in [-0.2, -0.15) is 0 Å². The number of hydrogen-bond acceptors (Lipinski definition) is 3. The van der Waals surface area contributed by atoms with Crippen molar-refractivity contribution in [2.24, 2.45) is 0 Å². The molecule has 2 aromatic rings. The minimum Gasteiger partial charge on any atom is -0.399 e. The van der Waals surface area contributed by atoms with Crippen molar-refractivity contribution >= 4 is 11.5 Å². The summed E-state index contributed by atoms with van der Waals surface area (Å²) in [6, 6.07) is 7.13. The summed E-state index contributed by atoms with van der Waals surface area (Å²) in [5.41, 5.74) is 7.47. The fraction of sp³-hybridized carbons (Fsp3) is 0.231. The molecule has 0 aliphatic carbocycles. The van der Waals surface area contributed by atoms with Crippen molar-refractivity contribution in [1.82, 2.24) is 9.55 Å². The minimum atomic E-state index is -0.0313. The Hall–Kier alpha value is -2.10. The highest BCUT2D eigenvalue weighted by Crippen LogP contribution is 2.15. The number of anilines is 1. The molecule has 1 aromatic heterocycles. The summed E-state index contributed by atoms with van der Waals surface area (Å²) >= 11 is 0. The lowest BCUT2D eigenvalue weighted by Crippen LogP contribution is -2.11. The number of rotatable bonds is 3. The fourth-order valence-electron chi connectivity index (χ4n) is 1.67. The largest absolute Gasteiger partial charge is 0.399 e. The van der Waals surface area contributed by atoms with Crippen LogP contribution in [-0.2, 0) is 0 Å². The Bertz CT molecular complexity index is 526. The van der Waals surface area contributed by atoms with E-state index in [1.165, 1.54) is 0 Å². The lowest BCUT2D eigenvalue weighted by molar-refractivity contribution is 0.102. The van der Waals surface area contributed by atoms with Crippen LogP contribution in [0.1, 0.15) is 35.9 Å². The molecule has 0 spiro atoms. The maximum absolute atomic E-state index is 12.2. The van der Waals surface area contributed by atoms with Crippen molar-refractivity contribution in [2.75, 3.05) is 5.73 Å². The summed E-state index contributed by atoms with van der Waals surface area (Å²) in [6.45, 7) is 4.03. The van der Waals surface area contributed by atoms with E-state index in [1.54, 1.807) is 36.8 Å². The Labute approximate surface area is 100 Å². The zero-order valence-electron chi connectivity index (χ0n) is 9.92. The van der Waals surface area contributed by atoms with Gasteiger partial charge in [-0.25, -0.2) is 4.98 Å². The third-order valence-corrected chi connectivity index (χ3v) is 2.63. The van der Waals surface area contributed by atoms with Crippen LogP contribution in [0.5, 0.6) is 0 Å². The van der Waals surface area contributed by atoms with Crippen LogP contribution in [0.4, 0.5) is 5.69 Å². The number of carbonyl (C=O) groups is 1. The van der Waals surface area contributed by atoms with Crippen molar-refractivity contribution in [1.29, 1.82) is 0 Å². The van der Waals surface area contributed by atoms with Gasteiger partial charge < -0.3 is 10.3 Å². The molecule has 0 radical (unpaired) electrons. The summed E-state index contributed by atoms with van der Waals surface area (Å²) in [6.07, 6.45) is 3.27. The van der Waals surface area contributed by atoms with Crippen LogP contribution < -0.4 is 5.73 Å². The molecule has 0 amide bonds. The highest BCUT2D eigenvalue weighted by atomic mass is 16.1. The van der Waals surface area contributed by atoms with Crippen LogP contribution in [0.3, 0.4) is 0 Å². The van der Waals surface area contributed by atoms with Gasteiger partial charge in [-0.05, 0) is 38.1 Å². The molecule has 0 aliphatic rings. The molecular weight excluding hydrogens is 214 g/mol. The van der Waals surface area contributed by atoms with Crippen molar-refractivity contribution in [3.63, 3.8) is 0 Å². The van der Waals surface area contributed by atoms with E-state index in [4.69, 9.17) is 5.73 Å². The molecule has 88 valence electrons. The van der Waals surface area contributed by atoms with E-state index in [9.17, 15) is 4.79 Å². The molecular formula is C13H15N3O. The fourth-order valence-corrected chi connectivity index (χ4v) is 1.67. The highest BCUT2D eigenvalue weighted by Gasteiger charge is 2.15. The third kappa shape index (κ3) is 2.20. The van der Waals surface area contributed by atoms with Gasteiger partial charge in [-0.3, -0.25) is 4.79 Å². The second-order valence-electron chi connectivity index (χ2n) is 4.23. The number of nitrogen functional groups attached to an aromatic ring is 1. The maximum atomic E-state index is 12.2. The first-order chi connectivity index (χ1) is 8.09. The van der Waals surface area contributed by atoms with E-state index in [-0.39, 0.29) is 11.8 Å². The molecule has 0 aliphatic heterocycles. The Morgan fingerprint density at radius 1 is 1.29 bits per heavy atom. The van der Waals surface area contributed by atoms with E-state index in [0.717, 1.165) is 0 Å². The average molecular weight is 229 g/mol. The van der Waals surface area contributed by atoms with Gasteiger partial charge in [-0.1, -0.05) is 0 Å². The number of hydrogen-bond donors (Lipinski definition) is 1. The highest BCUT2D eigenvalue weighted by molar-refractivity contribution is 6.07. The van der Waals surface area contributed by atoms with Crippen molar-refractivity contribution in [2.45, 2.75) is 19.9 Å². The van der Waals surface area contributed by atoms with E-state index < -0.39 is 0 Å². The number of aromatic nitrogens is 2. The van der Waals surface area contributed by atoms with Gasteiger partial charge in [0, 0.05) is 17.3 Å². The van der Waals surface area contributed by atoms with E-state index in [0.29, 0.717) is 16.9 Å². The quantitative estimate of drug-likeness (QED) is 0.648. The number of ketones is 1. The molecule has 0 saturated heterocycles. The molecule has 0 saturated carbocycles. The van der Waals surface area contributed by atoms with Crippen LogP contribution in [0.25, 0.3) is 0 Å². The second-order valence-corrected chi connectivity index (χ2v) is 4.23. The van der Waals surface area contributed by atoms with Crippen LogP contribution in [0.2, 0.25) is 0 Å². The molecule has 1 aromatic carbocycles. The van der Waals surface area contributed by atoms with Crippen molar-refractivity contribution in [3.05, 3.63) is 48.0 Å². The number of imidazole rings is 1. The van der Waals surface area contributed by atoms with Gasteiger partial charge in [0.2, 0.25) is 5.78 Å². The first-order valence-corrected chi connectivity index (χ1v) is 5.51. The Kier molecular flexibility index (Phi) is 2.95. The first kappa shape index (κ1) is 11.4. The van der Waals surface area contributed by atoms with Crippen LogP contribution in [0.15, 0.2) is 36.8 Å². The molecule has 0 atom stereocenters. The molecule has 4 heteroatoms. The maximum Gasteiger partial charge on any atom is 0.211 e. The van der Waals surface area contributed by atoms with Gasteiger partial charge in [0.25, 0.3) is 0 Å². The molecule has 2 rings (SSSR count). The van der Waals surface area contributed by atoms with Crippen LogP contribution in [0, 0.1) is 0 Å². The molecule has 0 unspecified atom stereocenters. The smallest absolute Gasteiger partial charge is 0.211 e. The summed E-state index contributed by atoms with van der Waals surface area (Å²) in [4.78, 5) is 16.3. The lowest BCUT2D eigenvalue weighted by atomic mass is 10.1. The van der Waals surface area contributed by atoms with E-state index in [1.807, 2.05) is 18.4 Å². The Morgan fingerprint density at radius 3 is 2.53 bits per heavy atom. The monoisotopic (exact) mass is 229 g/mol. The van der Waals surface area contributed by atoms with Gasteiger partial charge in [0.15, 0.2) is 0 Å². The Balaban J connectivity index is 2.37. The predicted molar refractivity (Wildman–Crippen MR) is 66.9 cm³/mol. The van der Waals surface area contributed by atoms with Gasteiger partial charge in [0.05, 0.1) is 12.5 Å². The SMILES string of the molecule is CC(C)n1cncc1C(=O)c1ccc(N)cc1. The summed E-state index contributed by atoms with van der Waals surface area (Å²) < 4.78 is 1.86. The van der Waals surface area contributed by atoms with Crippen LogP contribution >= 0.6 is 0 Å². The molecule has 17 heavy (non-hydrogen) atoms. The topological polar surface area (TPSA) is 60.9 Å². The molecule has 0 fully saturated rings. The van der Waals surface area contributed by atoms with Gasteiger partial charge in [-0.15, -0.1) is 0 Å². The number of carbonyl (C=O) groups excluding carboxylic acids is 1. The van der Waals surface area contributed by atoms with Crippen molar-refractivity contribution in [3.8, 4) is 0 Å². The summed E-state index contributed by atoms with van der Waals surface area (Å²) in [7, 11) is 0. The lowest BCUT2D eigenvalue weighted by Gasteiger charge is -2.10. The standard InChI is InChI=1S/C13H15N3O/c1-9(2)16-8-15-7-12(16)13(17)10-3-5-11(14)6-4-10/h3-9H,14H2,1-2H3. The third-order valence-electron chi connectivity index (χ3n) is 2.63. The van der Waals surface area contributed by atoms with E-state index in [2.05, 4.69) is 4.98 Å².